The predicted molar refractivity (Wildman–Crippen MR) is 139 cm³/mol. The molecule has 8 nitrogen and oxygen atoms in total. The molecule has 7 atom stereocenters. The molecule has 0 bridgehead atoms. The van der Waals surface area contributed by atoms with Gasteiger partial charge in [0, 0.05) is 11.6 Å². The van der Waals surface area contributed by atoms with Gasteiger partial charge in [0.05, 0.1) is 12.7 Å². The molecule has 2 saturated heterocycles. The Morgan fingerprint density at radius 3 is 2.49 bits per heavy atom. The highest BCUT2D eigenvalue weighted by molar-refractivity contribution is 6.31. The van der Waals surface area contributed by atoms with Crippen LogP contribution in [0.4, 0.5) is 0 Å². The maximum absolute atomic E-state index is 11.4. The van der Waals surface area contributed by atoms with Crippen LogP contribution in [0, 0.1) is 0 Å². The molecule has 1 unspecified atom stereocenters. The van der Waals surface area contributed by atoms with E-state index < -0.39 is 42.5 Å². The minimum Gasteiger partial charge on any atom is -0.494 e. The molecule has 0 radical (unpaired) electrons. The van der Waals surface area contributed by atoms with Crippen LogP contribution in [0.25, 0.3) is 0 Å². The molecule has 202 valence electrons. The molecule has 2 aromatic rings. The van der Waals surface area contributed by atoms with Crippen molar-refractivity contribution in [2.24, 2.45) is 0 Å². The number of benzene rings is 2. The van der Waals surface area contributed by atoms with Gasteiger partial charge in [0.25, 0.3) is 0 Å². The van der Waals surface area contributed by atoms with Crippen LogP contribution < -0.4 is 10.1 Å². The van der Waals surface area contributed by atoms with Crippen LogP contribution in [0.3, 0.4) is 0 Å². The number of aliphatic hydroxyl groups excluding tert-OH is 3. The van der Waals surface area contributed by atoms with Gasteiger partial charge < -0.3 is 35.2 Å². The van der Waals surface area contributed by atoms with Crippen LogP contribution in [0.5, 0.6) is 5.75 Å². The second kappa shape index (κ2) is 12.1. The van der Waals surface area contributed by atoms with E-state index in [1.165, 1.54) is 0 Å². The Morgan fingerprint density at radius 2 is 1.84 bits per heavy atom. The number of nitrogens with one attached hydrogen (secondary N) is 1. The van der Waals surface area contributed by atoms with Gasteiger partial charge in [-0.25, -0.2) is 0 Å². The molecular formula is C28H36ClNO7. The summed E-state index contributed by atoms with van der Waals surface area (Å²) in [4.78, 5) is 11.4. The number of ether oxygens (including phenoxy) is 2. The number of piperidine rings is 1. The lowest BCUT2D eigenvalue weighted by Crippen LogP contribution is -2.53. The van der Waals surface area contributed by atoms with E-state index in [-0.39, 0.29) is 5.92 Å². The van der Waals surface area contributed by atoms with Crippen LogP contribution in [0.2, 0.25) is 5.02 Å². The van der Waals surface area contributed by atoms with Crippen molar-refractivity contribution < 1.29 is 34.7 Å². The first kappa shape index (κ1) is 27.8. The predicted octanol–water partition coefficient (Wildman–Crippen LogP) is 3.18. The summed E-state index contributed by atoms with van der Waals surface area (Å²) in [6, 6.07) is 10.8. The van der Waals surface area contributed by atoms with E-state index in [0.717, 1.165) is 28.9 Å². The van der Waals surface area contributed by atoms with Gasteiger partial charge in [-0.05, 0) is 79.0 Å². The SMILES string of the molecule is CCOc1ccc(Cc2cc([C@@H]3O[C@H](CC)[C@@H](O)[C@H](O)[C@H]3O)ccc2Cl)c(C2CC[C@@H](C(=O)O)NC2)c1. The van der Waals surface area contributed by atoms with Gasteiger partial charge in [0.2, 0.25) is 0 Å². The number of aliphatic hydroxyl groups is 3. The molecule has 4 rings (SSSR count). The van der Waals surface area contributed by atoms with Crippen LogP contribution in [0.15, 0.2) is 36.4 Å². The third-order valence-electron chi connectivity index (χ3n) is 7.47. The van der Waals surface area contributed by atoms with E-state index in [9.17, 15) is 25.2 Å². The number of rotatable bonds is 8. The van der Waals surface area contributed by atoms with Gasteiger partial charge in [-0.3, -0.25) is 4.79 Å². The first-order valence-corrected chi connectivity index (χ1v) is 13.3. The quantitative estimate of drug-likeness (QED) is 0.350. The first-order chi connectivity index (χ1) is 17.7. The standard InChI is InChI=1S/C28H36ClNO7/c1-3-23-24(31)25(32)26(33)27(37-23)16-6-9-21(29)18(12-16)11-15-5-8-19(36-4-2)13-20(15)17-7-10-22(28(34)35)30-14-17/h5-6,8-9,12-13,17,22-27,30-33H,3-4,7,10-11,14H2,1-2H3,(H,34,35)/t17?,22-,23+,24+,25-,26+,27-/m0/s1. The van der Waals surface area contributed by atoms with Gasteiger partial charge in [0.15, 0.2) is 0 Å². The number of hydrogen-bond acceptors (Lipinski definition) is 7. The highest BCUT2D eigenvalue weighted by atomic mass is 35.5. The third-order valence-corrected chi connectivity index (χ3v) is 7.84. The van der Waals surface area contributed by atoms with Gasteiger partial charge in [-0.2, -0.15) is 0 Å². The van der Waals surface area contributed by atoms with Crippen molar-refractivity contribution in [2.75, 3.05) is 13.2 Å². The third kappa shape index (κ3) is 6.11. The maximum Gasteiger partial charge on any atom is 0.320 e. The van der Waals surface area contributed by atoms with Crippen molar-refractivity contribution in [1.82, 2.24) is 5.32 Å². The van der Waals surface area contributed by atoms with E-state index in [0.29, 0.717) is 43.0 Å². The fourth-order valence-corrected chi connectivity index (χ4v) is 5.56. The molecule has 2 aromatic carbocycles. The van der Waals surface area contributed by atoms with E-state index in [1.807, 2.05) is 38.1 Å². The van der Waals surface area contributed by atoms with Crippen molar-refractivity contribution >= 4 is 17.6 Å². The molecule has 2 aliphatic heterocycles. The number of halogens is 1. The van der Waals surface area contributed by atoms with Gasteiger partial charge in [0.1, 0.15) is 36.2 Å². The zero-order valence-electron chi connectivity index (χ0n) is 21.1. The van der Waals surface area contributed by atoms with E-state index in [4.69, 9.17) is 21.1 Å². The summed E-state index contributed by atoms with van der Waals surface area (Å²) in [5.41, 5.74) is 3.64. The van der Waals surface area contributed by atoms with Crippen molar-refractivity contribution in [3.8, 4) is 5.75 Å². The topological polar surface area (TPSA) is 128 Å². The zero-order chi connectivity index (χ0) is 26.7. The normalized spacial score (nSPS) is 30.2. The van der Waals surface area contributed by atoms with Crippen molar-refractivity contribution in [1.29, 1.82) is 0 Å². The smallest absolute Gasteiger partial charge is 0.320 e. The van der Waals surface area contributed by atoms with E-state index in [1.54, 1.807) is 12.1 Å². The number of aliphatic carboxylic acids is 1. The van der Waals surface area contributed by atoms with Crippen molar-refractivity contribution in [3.05, 3.63) is 63.7 Å². The minimum atomic E-state index is -1.31. The molecule has 0 aliphatic carbocycles. The highest BCUT2D eigenvalue weighted by Gasteiger charge is 2.43. The van der Waals surface area contributed by atoms with Crippen molar-refractivity contribution in [2.45, 2.75) is 82.0 Å². The molecule has 2 fully saturated rings. The Balaban J connectivity index is 1.62. The zero-order valence-corrected chi connectivity index (χ0v) is 21.9. The fourth-order valence-electron chi connectivity index (χ4n) is 5.38. The Morgan fingerprint density at radius 1 is 1.05 bits per heavy atom. The van der Waals surface area contributed by atoms with E-state index >= 15 is 0 Å². The highest BCUT2D eigenvalue weighted by Crippen LogP contribution is 2.37. The monoisotopic (exact) mass is 533 g/mol. The Kier molecular flexibility index (Phi) is 9.11. The molecular weight excluding hydrogens is 498 g/mol. The number of hydrogen-bond donors (Lipinski definition) is 5. The Labute approximate surface area is 222 Å². The summed E-state index contributed by atoms with van der Waals surface area (Å²) < 4.78 is 11.7. The molecule has 0 aromatic heterocycles. The summed E-state index contributed by atoms with van der Waals surface area (Å²) in [7, 11) is 0. The number of carboxylic acids is 1. The minimum absolute atomic E-state index is 0.124. The Bertz CT molecular complexity index is 1090. The number of carboxylic acid groups (broad SMARTS) is 1. The molecule has 0 saturated carbocycles. The summed E-state index contributed by atoms with van der Waals surface area (Å²) in [5.74, 6) is 0.0529. The number of carbonyl (C=O) groups is 1. The van der Waals surface area contributed by atoms with Gasteiger partial charge >= 0.3 is 5.97 Å². The summed E-state index contributed by atoms with van der Waals surface area (Å²) in [6.07, 6.45) is -2.84. The lowest BCUT2D eigenvalue weighted by molar-refractivity contribution is -0.225. The summed E-state index contributed by atoms with van der Waals surface area (Å²) >= 11 is 6.61. The van der Waals surface area contributed by atoms with Crippen LogP contribution in [0.1, 0.15) is 67.4 Å². The first-order valence-electron chi connectivity index (χ1n) is 12.9. The van der Waals surface area contributed by atoms with Crippen molar-refractivity contribution in [3.63, 3.8) is 0 Å². The lowest BCUT2D eigenvalue weighted by Gasteiger charge is -2.40. The van der Waals surface area contributed by atoms with Crippen LogP contribution in [-0.2, 0) is 16.0 Å². The largest absolute Gasteiger partial charge is 0.494 e. The molecule has 37 heavy (non-hydrogen) atoms. The molecule has 0 spiro atoms. The van der Waals surface area contributed by atoms with Crippen LogP contribution in [-0.4, -0.2) is 70.0 Å². The summed E-state index contributed by atoms with van der Waals surface area (Å²) in [6.45, 7) is 4.88. The second-order valence-corrected chi connectivity index (χ2v) is 10.3. The lowest BCUT2D eigenvalue weighted by atomic mass is 9.84. The summed E-state index contributed by atoms with van der Waals surface area (Å²) in [5, 5.41) is 44.3. The molecule has 0 amide bonds. The van der Waals surface area contributed by atoms with Gasteiger partial charge in [-0.1, -0.05) is 36.7 Å². The molecule has 9 heteroatoms. The van der Waals surface area contributed by atoms with E-state index in [2.05, 4.69) is 5.32 Å². The van der Waals surface area contributed by atoms with Crippen LogP contribution >= 0.6 is 11.6 Å². The average Bonchev–Trinajstić information content (AvgIpc) is 2.90. The Hall–Kier alpha value is -2.20. The molecule has 5 N–H and O–H groups in total. The maximum atomic E-state index is 11.4. The molecule has 2 heterocycles. The molecule has 2 aliphatic rings. The van der Waals surface area contributed by atoms with Gasteiger partial charge in [-0.15, -0.1) is 0 Å². The fraction of sp³-hybridized carbons (Fsp3) is 0.536. The second-order valence-electron chi connectivity index (χ2n) is 9.87. The average molecular weight is 534 g/mol.